The minimum Gasteiger partial charge on any atom is -0.478 e. The number of hydrogen-bond donors (Lipinski definition) is 2. The SMILES string of the molecule is O=C(Nc1ccccc1C(=O)O)c1ccccc1I. The van der Waals surface area contributed by atoms with E-state index in [0.717, 1.165) is 3.57 Å². The number of hydrogen-bond acceptors (Lipinski definition) is 2. The molecular weight excluding hydrogens is 357 g/mol. The van der Waals surface area contributed by atoms with Crippen molar-refractivity contribution in [1.29, 1.82) is 0 Å². The van der Waals surface area contributed by atoms with Crippen LogP contribution in [0.25, 0.3) is 0 Å². The van der Waals surface area contributed by atoms with Crippen molar-refractivity contribution in [2.45, 2.75) is 0 Å². The van der Waals surface area contributed by atoms with Gasteiger partial charge in [0.1, 0.15) is 0 Å². The molecule has 0 aliphatic rings. The minimum absolute atomic E-state index is 0.0711. The van der Waals surface area contributed by atoms with Gasteiger partial charge in [-0.2, -0.15) is 0 Å². The third kappa shape index (κ3) is 3.11. The lowest BCUT2D eigenvalue weighted by molar-refractivity contribution is 0.0698. The first-order valence-electron chi connectivity index (χ1n) is 5.48. The lowest BCUT2D eigenvalue weighted by Crippen LogP contribution is -2.15. The molecule has 96 valence electrons. The Morgan fingerprint density at radius 2 is 1.53 bits per heavy atom. The van der Waals surface area contributed by atoms with E-state index in [1.165, 1.54) is 6.07 Å². The molecule has 5 heteroatoms. The molecular formula is C14H10INO3. The molecule has 0 saturated carbocycles. The Hall–Kier alpha value is -1.89. The minimum atomic E-state index is -1.07. The summed E-state index contributed by atoms with van der Waals surface area (Å²) in [6.45, 7) is 0. The Balaban J connectivity index is 2.30. The number of anilines is 1. The summed E-state index contributed by atoms with van der Waals surface area (Å²) in [6, 6.07) is 13.4. The number of carboxylic acid groups (broad SMARTS) is 1. The number of benzene rings is 2. The second-order valence-corrected chi connectivity index (χ2v) is 4.95. The maximum atomic E-state index is 12.1. The highest BCUT2D eigenvalue weighted by atomic mass is 127. The molecule has 2 aromatic carbocycles. The van der Waals surface area contributed by atoms with Crippen molar-refractivity contribution < 1.29 is 14.7 Å². The number of carboxylic acids is 1. The fourth-order valence-corrected chi connectivity index (χ4v) is 2.25. The van der Waals surface area contributed by atoms with Crippen molar-refractivity contribution in [1.82, 2.24) is 0 Å². The Morgan fingerprint density at radius 3 is 2.16 bits per heavy atom. The average Bonchev–Trinajstić information content (AvgIpc) is 2.39. The number of carbonyl (C=O) groups is 2. The van der Waals surface area contributed by atoms with Crippen LogP contribution < -0.4 is 5.32 Å². The van der Waals surface area contributed by atoms with Crippen LogP contribution in [0.3, 0.4) is 0 Å². The van der Waals surface area contributed by atoms with E-state index >= 15 is 0 Å². The quantitative estimate of drug-likeness (QED) is 0.819. The molecule has 0 heterocycles. The zero-order valence-electron chi connectivity index (χ0n) is 9.76. The first kappa shape index (κ1) is 13.5. The summed E-state index contributed by atoms with van der Waals surface area (Å²) in [7, 11) is 0. The average molecular weight is 367 g/mol. The molecule has 0 bridgehead atoms. The van der Waals surface area contributed by atoms with E-state index in [-0.39, 0.29) is 11.5 Å². The van der Waals surface area contributed by atoms with Gasteiger partial charge >= 0.3 is 5.97 Å². The Morgan fingerprint density at radius 1 is 0.947 bits per heavy atom. The van der Waals surface area contributed by atoms with Gasteiger partial charge in [0.15, 0.2) is 0 Å². The molecule has 0 radical (unpaired) electrons. The molecule has 0 saturated heterocycles. The predicted octanol–water partition coefficient (Wildman–Crippen LogP) is 3.24. The molecule has 0 atom stereocenters. The van der Waals surface area contributed by atoms with Crippen molar-refractivity contribution in [2.75, 3.05) is 5.32 Å². The van der Waals surface area contributed by atoms with Gasteiger partial charge in [-0.1, -0.05) is 24.3 Å². The summed E-state index contributed by atoms with van der Waals surface area (Å²) < 4.78 is 0.811. The zero-order chi connectivity index (χ0) is 13.8. The number of carbonyl (C=O) groups excluding carboxylic acids is 1. The lowest BCUT2D eigenvalue weighted by Gasteiger charge is -2.09. The highest BCUT2D eigenvalue weighted by molar-refractivity contribution is 14.1. The number of amides is 1. The van der Waals surface area contributed by atoms with Crippen LogP contribution in [0.2, 0.25) is 0 Å². The van der Waals surface area contributed by atoms with Crippen LogP contribution in [0.15, 0.2) is 48.5 Å². The molecule has 0 aromatic heterocycles. The van der Waals surface area contributed by atoms with Gasteiger partial charge in [-0.15, -0.1) is 0 Å². The van der Waals surface area contributed by atoms with E-state index in [4.69, 9.17) is 5.11 Å². The molecule has 0 fully saturated rings. The third-order valence-electron chi connectivity index (χ3n) is 2.52. The molecule has 2 N–H and O–H groups in total. The van der Waals surface area contributed by atoms with Crippen molar-refractivity contribution in [2.24, 2.45) is 0 Å². The highest BCUT2D eigenvalue weighted by Crippen LogP contribution is 2.18. The van der Waals surface area contributed by atoms with Crippen molar-refractivity contribution in [3.8, 4) is 0 Å². The van der Waals surface area contributed by atoms with Gasteiger partial charge in [0.25, 0.3) is 5.91 Å². The first-order chi connectivity index (χ1) is 9.09. The number of halogens is 1. The normalized spacial score (nSPS) is 9.95. The van der Waals surface area contributed by atoms with E-state index < -0.39 is 5.97 Å². The monoisotopic (exact) mass is 367 g/mol. The van der Waals surface area contributed by atoms with Gasteiger partial charge in [-0.25, -0.2) is 4.79 Å². The summed E-state index contributed by atoms with van der Waals surface area (Å²) in [5.41, 5.74) is 0.879. The van der Waals surface area contributed by atoms with Crippen molar-refractivity contribution in [3.63, 3.8) is 0 Å². The molecule has 0 spiro atoms. The van der Waals surface area contributed by atoms with E-state index in [2.05, 4.69) is 27.9 Å². The summed E-state index contributed by atoms with van der Waals surface area (Å²) >= 11 is 2.06. The number of aromatic carboxylic acids is 1. The second kappa shape index (κ2) is 5.83. The Kier molecular flexibility index (Phi) is 4.16. The van der Waals surface area contributed by atoms with Crippen LogP contribution in [0.5, 0.6) is 0 Å². The molecule has 0 aliphatic carbocycles. The number of para-hydroxylation sites is 1. The van der Waals surface area contributed by atoms with Crippen LogP contribution in [-0.2, 0) is 0 Å². The van der Waals surface area contributed by atoms with Crippen LogP contribution >= 0.6 is 22.6 Å². The van der Waals surface area contributed by atoms with E-state index in [0.29, 0.717) is 11.3 Å². The van der Waals surface area contributed by atoms with Gasteiger partial charge in [0, 0.05) is 3.57 Å². The molecule has 2 rings (SSSR count). The maximum Gasteiger partial charge on any atom is 0.337 e. The zero-order valence-corrected chi connectivity index (χ0v) is 11.9. The lowest BCUT2D eigenvalue weighted by atomic mass is 10.1. The van der Waals surface area contributed by atoms with E-state index in [1.807, 2.05) is 12.1 Å². The molecule has 1 amide bonds. The van der Waals surface area contributed by atoms with Crippen LogP contribution in [0.1, 0.15) is 20.7 Å². The van der Waals surface area contributed by atoms with Crippen LogP contribution in [-0.4, -0.2) is 17.0 Å². The molecule has 2 aromatic rings. The van der Waals surface area contributed by atoms with Gasteiger partial charge in [0.05, 0.1) is 16.8 Å². The van der Waals surface area contributed by atoms with E-state index in [1.54, 1.807) is 30.3 Å². The van der Waals surface area contributed by atoms with Crippen LogP contribution in [0, 0.1) is 3.57 Å². The second-order valence-electron chi connectivity index (χ2n) is 3.78. The maximum absolute atomic E-state index is 12.1. The number of rotatable bonds is 3. The summed E-state index contributed by atoms with van der Waals surface area (Å²) in [5, 5.41) is 11.7. The summed E-state index contributed by atoms with van der Waals surface area (Å²) in [6.07, 6.45) is 0. The standard InChI is InChI=1S/C14H10INO3/c15-11-7-3-1-5-9(11)13(17)16-12-8-4-2-6-10(12)14(18)19/h1-8H,(H,16,17)(H,18,19). The largest absolute Gasteiger partial charge is 0.478 e. The fraction of sp³-hybridized carbons (Fsp3) is 0. The van der Waals surface area contributed by atoms with Gasteiger partial charge < -0.3 is 10.4 Å². The Labute approximate surface area is 123 Å². The highest BCUT2D eigenvalue weighted by Gasteiger charge is 2.14. The Bertz CT molecular complexity index is 640. The van der Waals surface area contributed by atoms with Crippen molar-refractivity contribution >= 4 is 40.2 Å². The van der Waals surface area contributed by atoms with Gasteiger partial charge in [-0.3, -0.25) is 4.79 Å². The predicted molar refractivity (Wildman–Crippen MR) is 80.5 cm³/mol. The topological polar surface area (TPSA) is 66.4 Å². The molecule has 0 unspecified atom stereocenters. The fourth-order valence-electron chi connectivity index (χ4n) is 1.61. The van der Waals surface area contributed by atoms with Crippen LogP contribution in [0.4, 0.5) is 5.69 Å². The summed E-state index contributed by atoms with van der Waals surface area (Å²) in [5.74, 6) is -1.39. The van der Waals surface area contributed by atoms with Crippen molar-refractivity contribution in [3.05, 3.63) is 63.2 Å². The third-order valence-corrected chi connectivity index (χ3v) is 3.46. The number of nitrogens with one attached hydrogen (secondary N) is 1. The van der Waals surface area contributed by atoms with E-state index in [9.17, 15) is 9.59 Å². The van der Waals surface area contributed by atoms with Gasteiger partial charge in [-0.05, 0) is 46.9 Å². The first-order valence-corrected chi connectivity index (χ1v) is 6.55. The molecule has 0 aliphatic heterocycles. The molecule has 19 heavy (non-hydrogen) atoms. The smallest absolute Gasteiger partial charge is 0.337 e. The molecule has 4 nitrogen and oxygen atoms in total. The summed E-state index contributed by atoms with van der Waals surface area (Å²) in [4.78, 5) is 23.2. The van der Waals surface area contributed by atoms with Gasteiger partial charge in [0.2, 0.25) is 0 Å².